The third-order valence-electron chi connectivity index (χ3n) is 4.63. The number of fused-ring (bicyclic) bond motifs is 1. The molecule has 6 nitrogen and oxygen atoms in total. The van der Waals surface area contributed by atoms with Crippen molar-refractivity contribution in [2.75, 3.05) is 27.2 Å². The minimum absolute atomic E-state index is 0.0839. The van der Waals surface area contributed by atoms with Crippen LogP contribution in [0.4, 0.5) is 0 Å². The molecule has 2 aromatic rings. The van der Waals surface area contributed by atoms with Gasteiger partial charge in [-0.15, -0.1) is 0 Å². The first-order valence-electron chi connectivity index (χ1n) is 9.26. The van der Waals surface area contributed by atoms with Crippen LogP contribution in [-0.2, 0) is 11.3 Å². The molecule has 0 saturated heterocycles. The molecule has 0 aliphatic carbocycles. The first-order valence-corrected chi connectivity index (χ1v) is 9.26. The molecular weight excluding hydrogens is 326 g/mol. The number of methoxy groups -OCH3 is 1. The number of aliphatic imine (C=N–C) groups is 1. The molecule has 0 amide bonds. The van der Waals surface area contributed by atoms with Crippen LogP contribution in [0.15, 0.2) is 29.3 Å². The highest BCUT2D eigenvalue weighted by molar-refractivity contribution is 5.79. The quantitative estimate of drug-likeness (QED) is 0.453. The molecule has 0 aliphatic rings. The smallest absolute Gasteiger partial charge is 0.191 e. The normalized spacial score (nSPS) is 13.8. The van der Waals surface area contributed by atoms with Gasteiger partial charge in [-0.1, -0.05) is 32.9 Å². The number of benzene rings is 1. The molecule has 0 spiro atoms. The second kappa shape index (κ2) is 9.03. The minimum Gasteiger partial charge on any atom is -0.379 e. The van der Waals surface area contributed by atoms with Crippen LogP contribution in [0.25, 0.3) is 11.0 Å². The number of nitrogens with one attached hydrogen (secondary N) is 2. The van der Waals surface area contributed by atoms with E-state index in [1.807, 2.05) is 6.07 Å². The molecule has 0 fully saturated rings. The topological polar surface area (TPSA) is 63.5 Å². The van der Waals surface area contributed by atoms with Gasteiger partial charge in [0.2, 0.25) is 0 Å². The number of hydrogen-bond donors (Lipinski definition) is 2. The van der Waals surface area contributed by atoms with E-state index in [0.717, 1.165) is 43.4 Å². The maximum absolute atomic E-state index is 5.58. The number of guanidine groups is 1. The van der Waals surface area contributed by atoms with E-state index in [1.54, 1.807) is 14.2 Å². The van der Waals surface area contributed by atoms with Crippen LogP contribution in [0, 0.1) is 12.3 Å². The molecule has 2 rings (SSSR count). The summed E-state index contributed by atoms with van der Waals surface area (Å²) in [6.45, 7) is 11.1. The first kappa shape index (κ1) is 20.2. The molecule has 144 valence electrons. The highest BCUT2D eigenvalue weighted by atomic mass is 16.5. The Kier molecular flexibility index (Phi) is 7.03. The molecule has 0 saturated carbocycles. The van der Waals surface area contributed by atoms with Gasteiger partial charge in [0.25, 0.3) is 0 Å². The second-order valence-electron chi connectivity index (χ2n) is 7.62. The lowest BCUT2D eigenvalue weighted by molar-refractivity contribution is 0.0205. The lowest BCUT2D eigenvalue weighted by atomic mass is 9.89. The van der Waals surface area contributed by atoms with Gasteiger partial charge in [0, 0.05) is 33.8 Å². The van der Waals surface area contributed by atoms with E-state index in [4.69, 9.17) is 4.74 Å². The van der Waals surface area contributed by atoms with E-state index in [0.29, 0.717) is 0 Å². The van der Waals surface area contributed by atoms with Gasteiger partial charge in [-0.3, -0.25) is 4.99 Å². The second-order valence-corrected chi connectivity index (χ2v) is 7.62. The minimum atomic E-state index is 0.0839. The summed E-state index contributed by atoms with van der Waals surface area (Å²) in [6, 6.07) is 8.28. The summed E-state index contributed by atoms with van der Waals surface area (Å²) in [5, 5.41) is 6.74. The van der Waals surface area contributed by atoms with Crippen LogP contribution in [0.2, 0.25) is 0 Å². The van der Waals surface area contributed by atoms with Gasteiger partial charge in [-0.2, -0.15) is 0 Å². The fraction of sp³-hybridized carbons (Fsp3) is 0.600. The molecule has 26 heavy (non-hydrogen) atoms. The zero-order valence-corrected chi connectivity index (χ0v) is 17.0. The fourth-order valence-electron chi connectivity index (χ4n) is 3.08. The number of rotatable bonds is 7. The van der Waals surface area contributed by atoms with E-state index >= 15 is 0 Å². The molecule has 1 aromatic carbocycles. The number of ether oxygens (including phenoxy) is 1. The van der Waals surface area contributed by atoms with Crippen LogP contribution in [0.1, 0.15) is 33.0 Å². The number of aromatic nitrogens is 2. The maximum atomic E-state index is 5.58. The Morgan fingerprint density at radius 3 is 2.65 bits per heavy atom. The van der Waals surface area contributed by atoms with Gasteiger partial charge < -0.3 is 19.9 Å². The third-order valence-corrected chi connectivity index (χ3v) is 4.63. The summed E-state index contributed by atoms with van der Waals surface area (Å²) in [6.07, 6.45) is 1.12. The Hall–Kier alpha value is -2.08. The summed E-state index contributed by atoms with van der Waals surface area (Å²) in [5.74, 6) is 1.87. The molecule has 0 radical (unpaired) electrons. The van der Waals surface area contributed by atoms with E-state index in [2.05, 4.69) is 71.1 Å². The highest BCUT2D eigenvalue weighted by Crippen LogP contribution is 2.20. The van der Waals surface area contributed by atoms with Crippen LogP contribution in [0.3, 0.4) is 0 Å². The first-order chi connectivity index (χ1) is 12.4. The van der Waals surface area contributed by atoms with Gasteiger partial charge in [-0.05, 0) is 30.9 Å². The van der Waals surface area contributed by atoms with Crippen molar-refractivity contribution >= 4 is 17.0 Å². The van der Waals surface area contributed by atoms with Crippen molar-refractivity contribution in [1.82, 2.24) is 20.2 Å². The number of aryl methyl sites for hydroxylation is 2. The molecule has 1 aromatic heterocycles. The molecule has 1 atom stereocenters. The number of imidazole rings is 1. The lowest BCUT2D eigenvalue weighted by Crippen LogP contribution is -2.45. The summed E-state index contributed by atoms with van der Waals surface area (Å²) >= 11 is 0. The van der Waals surface area contributed by atoms with Crippen LogP contribution in [-0.4, -0.2) is 48.9 Å². The zero-order chi connectivity index (χ0) is 19.2. The Morgan fingerprint density at radius 1 is 1.27 bits per heavy atom. The summed E-state index contributed by atoms with van der Waals surface area (Å²) in [5.41, 5.74) is 2.34. The molecule has 0 aliphatic heterocycles. The van der Waals surface area contributed by atoms with Crippen molar-refractivity contribution in [3.8, 4) is 0 Å². The highest BCUT2D eigenvalue weighted by Gasteiger charge is 2.24. The predicted octanol–water partition coefficient (Wildman–Crippen LogP) is 2.96. The Balaban J connectivity index is 1.81. The molecule has 6 heteroatoms. The van der Waals surface area contributed by atoms with Gasteiger partial charge in [0.15, 0.2) is 5.96 Å². The zero-order valence-electron chi connectivity index (χ0n) is 17.0. The molecule has 0 bridgehead atoms. The maximum Gasteiger partial charge on any atom is 0.191 e. The summed E-state index contributed by atoms with van der Waals surface area (Å²) < 4.78 is 7.85. The Labute approximate surface area is 157 Å². The number of hydrogen-bond acceptors (Lipinski definition) is 3. The summed E-state index contributed by atoms with van der Waals surface area (Å²) in [4.78, 5) is 8.92. The van der Waals surface area contributed by atoms with Gasteiger partial charge in [-0.25, -0.2) is 4.98 Å². The van der Waals surface area contributed by atoms with Gasteiger partial charge >= 0.3 is 0 Å². The van der Waals surface area contributed by atoms with Crippen LogP contribution < -0.4 is 10.6 Å². The largest absolute Gasteiger partial charge is 0.379 e. The van der Waals surface area contributed by atoms with Crippen molar-refractivity contribution < 1.29 is 4.74 Å². The third kappa shape index (κ3) is 5.21. The van der Waals surface area contributed by atoms with E-state index in [9.17, 15) is 0 Å². The number of nitrogens with zero attached hydrogens (tertiary/aromatic N) is 3. The Morgan fingerprint density at radius 2 is 2.00 bits per heavy atom. The lowest BCUT2D eigenvalue weighted by Gasteiger charge is -2.30. The van der Waals surface area contributed by atoms with Crippen molar-refractivity contribution in [3.63, 3.8) is 0 Å². The Bertz CT molecular complexity index is 729. The van der Waals surface area contributed by atoms with Crippen molar-refractivity contribution in [1.29, 1.82) is 0 Å². The van der Waals surface area contributed by atoms with Crippen LogP contribution in [0.5, 0.6) is 0 Å². The molecular formula is C20H33N5O. The molecule has 1 unspecified atom stereocenters. The van der Waals surface area contributed by atoms with Crippen molar-refractivity contribution in [3.05, 3.63) is 30.1 Å². The predicted molar refractivity (Wildman–Crippen MR) is 109 cm³/mol. The summed E-state index contributed by atoms with van der Waals surface area (Å²) in [7, 11) is 3.55. The van der Waals surface area contributed by atoms with E-state index in [1.165, 1.54) is 5.52 Å². The monoisotopic (exact) mass is 359 g/mol. The van der Waals surface area contributed by atoms with E-state index in [-0.39, 0.29) is 11.5 Å². The van der Waals surface area contributed by atoms with E-state index < -0.39 is 0 Å². The average Bonchev–Trinajstić information content (AvgIpc) is 2.91. The van der Waals surface area contributed by atoms with Gasteiger partial charge in [0.1, 0.15) is 5.82 Å². The fourth-order valence-corrected chi connectivity index (χ4v) is 3.08. The van der Waals surface area contributed by atoms with Crippen molar-refractivity contribution in [2.45, 2.75) is 46.8 Å². The van der Waals surface area contributed by atoms with Gasteiger partial charge in [0.05, 0.1) is 17.1 Å². The SMILES string of the molecule is CN=C(NCCCn1c(C)nc2ccccc21)NCC(OC)C(C)(C)C. The van der Waals surface area contributed by atoms with Crippen molar-refractivity contribution in [2.24, 2.45) is 10.4 Å². The standard InChI is InChI=1S/C20H33N5O/c1-15-24-16-10-7-8-11-17(16)25(15)13-9-12-22-19(21-5)23-14-18(26-6)20(2,3)4/h7-8,10-11,18H,9,12-14H2,1-6H3,(H2,21,22,23). The number of para-hydroxylation sites is 2. The van der Waals surface area contributed by atoms with Crippen LogP contribution >= 0.6 is 0 Å². The average molecular weight is 360 g/mol. The molecule has 1 heterocycles. The molecule has 2 N–H and O–H groups in total.